The number of hydrogen-bond donors (Lipinski definition) is 1. The van der Waals surface area contributed by atoms with Crippen molar-refractivity contribution in [2.45, 2.75) is 57.1 Å². The molecule has 19 heavy (non-hydrogen) atoms. The third kappa shape index (κ3) is 4.49. The molecule has 1 aliphatic rings. The summed E-state index contributed by atoms with van der Waals surface area (Å²) in [7, 11) is 0. The Morgan fingerprint density at radius 3 is 3.00 bits per heavy atom. The normalized spacial score (nSPS) is 21.5. The summed E-state index contributed by atoms with van der Waals surface area (Å²) in [4.78, 5) is 4.57. The molecule has 1 aromatic heterocycles. The molecule has 108 valence electrons. The minimum Gasteiger partial charge on any atom is -0.339 e. The Labute approximate surface area is 119 Å². The molecule has 4 nitrogen and oxygen atoms in total. The highest BCUT2D eigenvalue weighted by Gasteiger charge is 2.21. The fraction of sp³-hybridized carbons (Fsp3) is 0.857. The molecule has 1 saturated heterocycles. The monoisotopic (exact) mass is 283 g/mol. The first kappa shape index (κ1) is 14.9. The van der Waals surface area contributed by atoms with Gasteiger partial charge in [0, 0.05) is 6.42 Å². The van der Waals surface area contributed by atoms with E-state index in [0.717, 1.165) is 37.5 Å². The molecule has 0 aliphatic carbocycles. The van der Waals surface area contributed by atoms with Crippen molar-refractivity contribution in [3.8, 4) is 0 Å². The first-order valence-electron chi connectivity index (χ1n) is 7.47. The summed E-state index contributed by atoms with van der Waals surface area (Å²) in [6.07, 6.45) is 8.07. The van der Waals surface area contributed by atoms with Crippen LogP contribution in [0.25, 0.3) is 0 Å². The van der Waals surface area contributed by atoms with Crippen LogP contribution in [-0.4, -0.2) is 22.4 Å². The van der Waals surface area contributed by atoms with Gasteiger partial charge in [-0.1, -0.05) is 24.9 Å². The van der Waals surface area contributed by atoms with Gasteiger partial charge in [0.1, 0.15) is 0 Å². The number of thioether (sulfide) groups is 1. The lowest BCUT2D eigenvalue weighted by Gasteiger charge is -2.17. The van der Waals surface area contributed by atoms with Crippen molar-refractivity contribution in [1.29, 1.82) is 0 Å². The Bertz CT molecular complexity index is 363. The Morgan fingerprint density at radius 1 is 1.42 bits per heavy atom. The average Bonchev–Trinajstić information content (AvgIpc) is 2.93. The van der Waals surface area contributed by atoms with E-state index in [0.29, 0.717) is 11.2 Å². The van der Waals surface area contributed by atoms with Crippen molar-refractivity contribution in [1.82, 2.24) is 10.1 Å². The second-order valence-electron chi connectivity index (χ2n) is 5.29. The van der Waals surface area contributed by atoms with Gasteiger partial charge in [0.25, 0.3) is 0 Å². The second kappa shape index (κ2) is 7.90. The van der Waals surface area contributed by atoms with Gasteiger partial charge in [-0.2, -0.15) is 16.7 Å². The number of aromatic nitrogens is 2. The molecule has 1 fully saturated rings. The summed E-state index contributed by atoms with van der Waals surface area (Å²) in [5.41, 5.74) is 5.62. The molecule has 1 aliphatic heterocycles. The van der Waals surface area contributed by atoms with Crippen LogP contribution in [0.2, 0.25) is 0 Å². The van der Waals surface area contributed by atoms with Crippen molar-refractivity contribution in [2.24, 2.45) is 11.7 Å². The van der Waals surface area contributed by atoms with Crippen LogP contribution in [0.4, 0.5) is 0 Å². The highest BCUT2D eigenvalue weighted by atomic mass is 32.2. The lowest BCUT2D eigenvalue weighted by molar-refractivity contribution is 0.350. The minimum absolute atomic E-state index is 0.456. The summed E-state index contributed by atoms with van der Waals surface area (Å²) in [6, 6.07) is 0. The van der Waals surface area contributed by atoms with E-state index in [1.807, 2.05) is 11.8 Å². The van der Waals surface area contributed by atoms with E-state index in [1.165, 1.54) is 31.4 Å². The zero-order valence-corrected chi connectivity index (χ0v) is 12.6. The molecule has 2 N–H and O–H groups in total. The zero-order chi connectivity index (χ0) is 13.5. The van der Waals surface area contributed by atoms with Crippen LogP contribution < -0.4 is 5.73 Å². The van der Waals surface area contributed by atoms with Gasteiger partial charge in [0.05, 0.1) is 5.25 Å². The predicted molar refractivity (Wildman–Crippen MR) is 79.1 cm³/mol. The molecule has 0 bridgehead atoms. The molecule has 5 heteroatoms. The fourth-order valence-electron chi connectivity index (χ4n) is 2.56. The van der Waals surface area contributed by atoms with E-state index in [4.69, 9.17) is 10.3 Å². The van der Waals surface area contributed by atoms with Crippen molar-refractivity contribution >= 4 is 11.8 Å². The molecule has 2 unspecified atom stereocenters. The molecule has 2 rings (SSSR count). The summed E-state index contributed by atoms with van der Waals surface area (Å²) in [5, 5.41) is 4.61. The Kier molecular flexibility index (Phi) is 6.17. The number of rotatable bonds is 7. The van der Waals surface area contributed by atoms with Gasteiger partial charge < -0.3 is 10.3 Å². The summed E-state index contributed by atoms with van der Waals surface area (Å²) < 4.78 is 5.39. The quantitative estimate of drug-likeness (QED) is 0.831. The Balaban J connectivity index is 1.82. The SMILES string of the molecule is CCC(CCN)CCc1nc(C2CCCCS2)no1. The first-order valence-corrected chi connectivity index (χ1v) is 8.52. The van der Waals surface area contributed by atoms with Gasteiger partial charge in [-0.05, 0) is 43.9 Å². The number of hydrogen-bond acceptors (Lipinski definition) is 5. The van der Waals surface area contributed by atoms with Crippen molar-refractivity contribution in [2.75, 3.05) is 12.3 Å². The average molecular weight is 283 g/mol. The first-order chi connectivity index (χ1) is 9.33. The highest BCUT2D eigenvalue weighted by molar-refractivity contribution is 7.99. The van der Waals surface area contributed by atoms with E-state index in [1.54, 1.807) is 0 Å². The summed E-state index contributed by atoms with van der Waals surface area (Å²) >= 11 is 1.97. The maximum atomic E-state index is 5.62. The van der Waals surface area contributed by atoms with Crippen molar-refractivity contribution in [3.05, 3.63) is 11.7 Å². The van der Waals surface area contributed by atoms with Crippen LogP contribution in [0.3, 0.4) is 0 Å². The third-order valence-corrected chi connectivity index (χ3v) is 5.24. The van der Waals surface area contributed by atoms with E-state index in [9.17, 15) is 0 Å². The molecule has 0 amide bonds. The van der Waals surface area contributed by atoms with Gasteiger partial charge in [0.15, 0.2) is 5.82 Å². The topological polar surface area (TPSA) is 64.9 Å². The molecule has 2 heterocycles. The van der Waals surface area contributed by atoms with Gasteiger partial charge >= 0.3 is 0 Å². The molecule has 0 spiro atoms. The van der Waals surface area contributed by atoms with Crippen molar-refractivity contribution < 1.29 is 4.52 Å². The maximum Gasteiger partial charge on any atom is 0.226 e. The van der Waals surface area contributed by atoms with E-state index < -0.39 is 0 Å². The van der Waals surface area contributed by atoms with Gasteiger partial charge in [-0.15, -0.1) is 0 Å². The van der Waals surface area contributed by atoms with Gasteiger partial charge in [-0.25, -0.2) is 0 Å². The highest BCUT2D eigenvalue weighted by Crippen LogP contribution is 2.36. The van der Waals surface area contributed by atoms with E-state index in [-0.39, 0.29) is 0 Å². The summed E-state index contributed by atoms with van der Waals surface area (Å²) in [5.74, 6) is 3.62. The number of nitrogens with zero attached hydrogens (tertiary/aromatic N) is 2. The molecule has 2 atom stereocenters. The van der Waals surface area contributed by atoms with Crippen LogP contribution >= 0.6 is 11.8 Å². The van der Waals surface area contributed by atoms with Crippen LogP contribution in [0.15, 0.2) is 4.52 Å². The van der Waals surface area contributed by atoms with Crippen LogP contribution in [-0.2, 0) is 6.42 Å². The van der Waals surface area contributed by atoms with Crippen LogP contribution in [0, 0.1) is 5.92 Å². The van der Waals surface area contributed by atoms with Crippen molar-refractivity contribution in [3.63, 3.8) is 0 Å². The standard InChI is InChI=1S/C14H25N3OS/c1-2-11(8-9-15)6-7-13-16-14(17-18-13)12-5-3-4-10-19-12/h11-12H,2-10,15H2,1H3. The predicted octanol–water partition coefficient (Wildman–Crippen LogP) is 3.34. The summed E-state index contributed by atoms with van der Waals surface area (Å²) in [6.45, 7) is 2.99. The number of aryl methyl sites for hydroxylation is 1. The van der Waals surface area contributed by atoms with E-state index >= 15 is 0 Å². The van der Waals surface area contributed by atoms with Gasteiger partial charge in [0.2, 0.25) is 5.89 Å². The maximum absolute atomic E-state index is 5.62. The molecule has 0 saturated carbocycles. The smallest absolute Gasteiger partial charge is 0.226 e. The van der Waals surface area contributed by atoms with Crippen LogP contribution in [0.5, 0.6) is 0 Å². The zero-order valence-electron chi connectivity index (χ0n) is 11.8. The molecule has 0 radical (unpaired) electrons. The lowest BCUT2D eigenvalue weighted by atomic mass is 9.97. The second-order valence-corrected chi connectivity index (χ2v) is 6.60. The minimum atomic E-state index is 0.456. The Hall–Kier alpha value is -0.550. The fourth-order valence-corrected chi connectivity index (χ4v) is 3.79. The Morgan fingerprint density at radius 2 is 2.32 bits per heavy atom. The lowest BCUT2D eigenvalue weighted by Crippen LogP contribution is -2.09. The third-order valence-electron chi connectivity index (χ3n) is 3.87. The van der Waals surface area contributed by atoms with Gasteiger partial charge in [-0.3, -0.25) is 0 Å². The number of nitrogens with two attached hydrogens (primary N) is 1. The molecule has 1 aromatic rings. The molecular formula is C14H25N3OS. The van der Waals surface area contributed by atoms with Crippen LogP contribution in [0.1, 0.15) is 62.4 Å². The molecule has 0 aromatic carbocycles. The largest absolute Gasteiger partial charge is 0.339 e. The van der Waals surface area contributed by atoms with E-state index in [2.05, 4.69) is 17.1 Å². The molecular weight excluding hydrogens is 258 g/mol.